The molecule has 0 radical (unpaired) electrons. The third-order valence-corrected chi connectivity index (χ3v) is 6.37. The van der Waals surface area contributed by atoms with Crippen molar-refractivity contribution in [1.29, 1.82) is 0 Å². The molecule has 0 bridgehead atoms. The van der Waals surface area contributed by atoms with Crippen LogP contribution in [0.1, 0.15) is 36.8 Å². The third kappa shape index (κ3) is 4.87. The van der Waals surface area contributed by atoms with Gasteiger partial charge in [0.05, 0.1) is 13.2 Å². The standard InChI is InChI=1S/C25H26N6O5/c1-15(29-30-26)22(23(32)31-21(24(33)35-2)12-7-13-27-31)28-25(34)36-14-20-18-10-5-3-8-16(18)17-9-4-6-11-19(17)20/h3-6,8-11,13,15,20-22H,7,12,14H2,1-2H3,(H,28,34)/t15-,21?,22-/m0/s1. The second kappa shape index (κ2) is 10.9. The van der Waals surface area contributed by atoms with Crippen molar-refractivity contribution in [3.63, 3.8) is 0 Å². The number of rotatable bonds is 7. The maximum Gasteiger partial charge on any atom is 0.407 e. The van der Waals surface area contributed by atoms with Crippen LogP contribution in [-0.2, 0) is 19.1 Å². The molecule has 11 nitrogen and oxygen atoms in total. The van der Waals surface area contributed by atoms with Crippen molar-refractivity contribution in [1.82, 2.24) is 10.3 Å². The van der Waals surface area contributed by atoms with Crippen molar-refractivity contribution in [2.45, 2.75) is 43.8 Å². The van der Waals surface area contributed by atoms with Crippen molar-refractivity contribution in [2.24, 2.45) is 10.2 Å². The Kier molecular flexibility index (Phi) is 7.50. The Morgan fingerprint density at radius 1 is 1.17 bits per heavy atom. The average molecular weight is 491 g/mol. The SMILES string of the molecule is COC(=O)C1CCC=NN1C(=O)[C@@H](NC(=O)OCC1c2ccccc2-c2ccccc21)[C@H](C)N=[N+]=[N-]. The zero-order valence-electron chi connectivity index (χ0n) is 19.9. The van der Waals surface area contributed by atoms with Crippen LogP contribution in [0.15, 0.2) is 58.7 Å². The van der Waals surface area contributed by atoms with Crippen LogP contribution in [0.3, 0.4) is 0 Å². The molecule has 0 saturated heterocycles. The number of hydrogen-bond acceptors (Lipinski definition) is 7. The van der Waals surface area contributed by atoms with E-state index >= 15 is 0 Å². The highest BCUT2D eigenvalue weighted by atomic mass is 16.5. The van der Waals surface area contributed by atoms with Gasteiger partial charge in [0.2, 0.25) is 0 Å². The highest BCUT2D eigenvalue weighted by molar-refractivity contribution is 5.91. The summed E-state index contributed by atoms with van der Waals surface area (Å²) in [4.78, 5) is 41.1. The van der Waals surface area contributed by atoms with E-state index in [-0.39, 0.29) is 12.5 Å². The van der Waals surface area contributed by atoms with Gasteiger partial charge in [-0.05, 0) is 40.6 Å². The number of hydrazone groups is 1. The summed E-state index contributed by atoms with van der Waals surface area (Å²) in [6.07, 6.45) is 1.45. The molecule has 3 atom stereocenters. The molecule has 0 spiro atoms. The van der Waals surface area contributed by atoms with Gasteiger partial charge in [0.15, 0.2) is 6.04 Å². The lowest BCUT2D eigenvalue weighted by Gasteiger charge is -2.32. The van der Waals surface area contributed by atoms with Crippen LogP contribution in [0.5, 0.6) is 0 Å². The molecule has 2 aliphatic rings. The van der Waals surface area contributed by atoms with E-state index in [0.717, 1.165) is 27.3 Å². The first-order valence-corrected chi connectivity index (χ1v) is 11.5. The van der Waals surface area contributed by atoms with E-state index in [4.69, 9.17) is 15.0 Å². The van der Waals surface area contributed by atoms with E-state index in [9.17, 15) is 14.4 Å². The topological polar surface area (TPSA) is 146 Å². The minimum Gasteiger partial charge on any atom is -0.467 e. The van der Waals surface area contributed by atoms with Crippen LogP contribution < -0.4 is 5.32 Å². The molecule has 0 aromatic heterocycles. The molecular weight excluding hydrogens is 464 g/mol. The Morgan fingerprint density at radius 2 is 1.81 bits per heavy atom. The van der Waals surface area contributed by atoms with Gasteiger partial charge in [-0.25, -0.2) is 14.6 Å². The lowest BCUT2D eigenvalue weighted by Crippen LogP contribution is -2.56. The first kappa shape index (κ1) is 24.7. The van der Waals surface area contributed by atoms with Crippen molar-refractivity contribution < 1.29 is 23.9 Å². The Bertz CT molecular complexity index is 1200. The van der Waals surface area contributed by atoms with Gasteiger partial charge in [-0.1, -0.05) is 60.6 Å². The molecule has 36 heavy (non-hydrogen) atoms. The summed E-state index contributed by atoms with van der Waals surface area (Å²) in [6, 6.07) is 12.6. The largest absolute Gasteiger partial charge is 0.467 e. The minimum absolute atomic E-state index is 0.0450. The van der Waals surface area contributed by atoms with Crippen molar-refractivity contribution in [3.05, 3.63) is 70.1 Å². The number of methoxy groups -OCH3 is 1. The molecule has 1 unspecified atom stereocenters. The van der Waals surface area contributed by atoms with Gasteiger partial charge in [-0.15, -0.1) is 0 Å². The molecule has 1 N–H and O–H groups in total. The van der Waals surface area contributed by atoms with Gasteiger partial charge in [0.1, 0.15) is 12.6 Å². The second-order valence-electron chi connectivity index (χ2n) is 8.49. The molecule has 1 heterocycles. The third-order valence-electron chi connectivity index (χ3n) is 6.37. The van der Waals surface area contributed by atoms with Gasteiger partial charge in [0.25, 0.3) is 5.91 Å². The van der Waals surface area contributed by atoms with Crippen molar-refractivity contribution in [3.8, 4) is 11.1 Å². The number of benzene rings is 2. The summed E-state index contributed by atoms with van der Waals surface area (Å²) in [5.74, 6) is -1.51. The average Bonchev–Trinajstić information content (AvgIpc) is 3.23. The molecule has 1 aliphatic carbocycles. The summed E-state index contributed by atoms with van der Waals surface area (Å²) >= 11 is 0. The van der Waals surface area contributed by atoms with Crippen molar-refractivity contribution >= 4 is 24.2 Å². The predicted octanol–water partition coefficient (Wildman–Crippen LogP) is 3.74. The van der Waals surface area contributed by atoms with Gasteiger partial charge in [-0.2, -0.15) is 5.10 Å². The van der Waals surface area contributed by atoms with E-state index in [1.54, 1.807) is 0 Å². The maximum atomic E-state index is 13.3. The number of amides is 2. The zero-order chi connectivity index (χ0) is 25.7. The Balaban J connectivity index is 1.50. The summed E-state index contributed by atoms with van der Waals surface area (Å²) in [5.41, 5.74) is 13.2. The van der Waals surface area contributed by atoms with Crippen LogP contribution in [0.25, 0.3) is 21.6 Å². The molecule has 11 heteroatoms. The number of nitrogens with one attached hydrogen (secondary N) is 1. The molecule has 4 rings (SSSR count). The number of carbonyl (C=O) groups excluding carboxylic acids is 3. The molecule has 2 aromatic carbocycles. The van der Waals surface area contributed by atoms with E-state index < -0.39 is 36.1 Å². The van der Waals surface area contributed by atoms with Crippen molar-refractivity contribution in [2.75, 3.05) is 13.7 Å². The van der Waals surface area contributed by atoms with Gasteiger partial charge in [-0.3, -0.25) is 4.79 Å². The van der Waals surface area contributed by atoms with Crippen LogP contribution in [0.2, 0.25) is 0 Å². The number of alkyl carbamates (subject to hydrolysis) is 1. The van der Waals surface area contributed by atoms with Gasteiger partial charge < -0.3 is 14.8 Å². The molecule has 2 aromatic rings. The highest BCUT2D eigenvalue weighted by Crippen LogP contribution is 2.44. The number of carbonyl (C=O) groups is 3. The lowest BCUT2D eigenvalue weighted by molar-refractivity contribution is -0.154. The monoisotopic (exact) mass is 490 g/mol. The fourth-order valence-electron chi connectivity index (χ4n) is 4.59. The fraction of sp³-hybridized carbons (Fsp3) is 0.360. The molecule has 186 valence electrons. The minimum atomic E-state index is -1.31. The quantitative estimate of drug-likeness (QED) is 0.272. The Hall–Kier alpha value is -4.37. The Labute approximate surface area is 207 Å². The number of ether oxygens (including phenoxy) is 2. The summed E-state index contributed by atoms with van der Waals surface area (Å²) in [7, 11) is 1.22. The predicted molar refractivity (Wildman–Crippen MR) is 131 cm³/mol. The van der Waals surface area contributed by atoms with Crippen LogP contribution in [0.4, 0.5) is 4.79 Å². The van der Waals surface area contributed by atoms with E-state index in [1.807, 2.05) is 48.5 Å². The van der Waals surface area contributed by atoms with Crippen LogP contribution >= 0.6 is 0 Å². The first-order chi connectivity index (χ1) is 17.5. The molecule has 2 amide bonds. The number of esters is 1. The normalized spacial score (nSPS) is 17.7. The molecule has 0 saturated carbocycles. The van der Waals surface area contributed by atoms with E-state index in [0.29, 0.717) is 12.8 Å². The number of fused-ring (bicyclic) bond motifs is 3. The fourth-order valence-corrected chi connectivity index (χ4v) is 4.59. The first-order valence-electron chi connectivity index (χ1n) is 11.5. The second-order valence-corrected chi connectivity index (χ2v) is 8.49. The van der Waals surface area contributed by atoms with E-state index in [2.05, 4.69) is 20.4 Å². The molecular formula is C25H26N6O5. The van der Waals surface area contributed by atoms with Crippen LogP contribution in [0, 0.1) is 0 Å². The summed E-state index contributed by atoms with van der Waals surface area (Å²) in [5, 5.41) is 11.1. The molecule has 1 aliphatic heterocycles. The van der Waals surface area contributed by atoms with E-state index in [1.165, 1.54) is 20.2 Å². The zero-order valence-corrected chi connectivity index (χ0v) is 19.9. The number of azide groups is 1. The summed E-state index contributed by atoms with van der Waals surface area (Å²) in [6.45, 7) is 1.52. The van der Waals surface area contributed by atoms with Gasteiger partial charge >= 0.3 is 12.1 Å². The summed E-state index contributed by atoms with van der Waals surface area (Å²) < 4.78 is 10.3. The highest BCUT2D eigenvalue weighted by Gasteiger charge is 2.39. The smallest absolute Gasteiger partial charge is 0.407 e. The number of hydrogen-bond donors (Lipinski definition) is 1. The van der Waals surface area contributed by atoms with Crippen LogP contribution in [-0.4, -0.2) is 61.0 Å². The number of nitrogens with zero attached hydrogens (tertiary/aromatic N) is 5. The lowest BCUT2D eigenvalue weighted by atomic mass is 9.98. The molecule has 0 fully saturated rings. The van der Waals surface area contributed by atoms with Gasteiger partial charge in [0, 0.05) is 17.0 Å². The Morgan fingerprint density at radius 3 is 2.42 bits per heavy atom. The maximum absolute atomic E-state index is 13.3.